The smallest absolute Gasteiger partial charge is 0.334 e. The van der Waals surface area contributed by atoms with Crippen LogP contribution in [0.2, 0.25) is 0 Å². The number of aliphatic hydroxyl groups excluding tert-OH is 1. The maximum Gasteiger partial charge on any atom is 0.334 e. The van der Waals surface area contributed by atoms with Crippen LogP contribution in [-0.2, 0) is 9.53 Å². The zero-order chi connectivity index (χ0) is 6.57. The van der Waals surface area contributed by atoms with Crippen LogP contribution in [0.5, 0.6) is 0 Å². The molecule has 0 aromatic rings. The van der Waals surface area contributed by atoms with Crippen molar-refractivity contribution >= 4 is 18.4 Å². The van der Waals surface area contributed by atoms with Gasteiger partial charge >= 0.3 is 5.97 Å². The van der Waals surface area contributed by atoms with E-state index >= 15 is 0 Å². The highest BCUT2D eigenvalue weighted by molar-refractivity contribution is 5.85. The molecule has 1 N–H and O–H groups in total. The minimum Gasteiger partial charge on any atom is -0.467 e. The average molecular weight is 155 g/mol. The predicted molar refractivity (Wildman–Crippen MR) is 35.6 cm³/mol. The Hall–Kier alpha value is -0.280. The first-order valence-corrected chi connectivity index (χ1v) is 2.48. The van der Waals surface area contributed by atoms with Gasteiger partial charge in [0.15, 0.2) is 6.10 Å². The number of rotatable bonds is 2. The number of aliphatic hydroxyl groups is 1. The van der Waals surface area contributed by atoms with Gasteiger partial charge in [0, 0.05) is 0 Å². The number of hydrogen-bond donors (Lipinski definition) is 1. The lowest BCUT2D eigenvalue weighted by Gasteiger charge is -2.01. The molecule has 0 aliphatic heterocycles. The summed E-state index contributed by atoms with van der Waals surface area (Å²) in [6.07, 6.45) is -0.535. The van der Waals surface area contributed by atoms with Crippen molar-refractivity contribution in [2.75, 3.05) is 7.11 Å². The van der Waals surface area contributed by atoms with E-state index in [4.69, 9.17) is 5.11 Å². The molecule has 0 radical (unpaired) electrons. The first-order chi connectivity index (χ1) is 3.72. The van der Waals surface area contributed by atoms with Gasteiger partial charge in [-0.3, -0.25) is 0 Å². The molecular weight excluding hydrogens is 144 g/mol. The predicted octanol–water partition coefficient (Wildman–Crippen LogP) is 0.352. The maximum atomic E-state index is 10.3. The third-order valence-electron chi connectivity index (χ3n) is 0.860. The lowest BCUT2D eigenvalue weighted by molar-refractivity contribution is -0.150. The number of hydrogen-bond acceptors (Lipinski definition) is 3. The van der Waals surface area contributed by atoms with Gasteiger partial charge in [-0.15, -0.1) is 12.4 Å². The SMILES string of the molecule is CCC(O)C(=O)OC.Cl. The molecule has 56 valence electrons. The molecule has 0 saturated heterocycles. The van der Waals surface area contributed by atoms with Crippen molar-refractivity contribution in [1.29, 1.82) is 0 Å². The summed E-state index contributed by atoms with van der Waals surface area (Å²) in [4.78, 5) is 10.3. The van der Waals surface area contributed by atoms with E-state index in [-0.39, 0.29) is 12.4 Å². The van der Waals surface area contributed by atoms with Gasteiger partial charge in [-0.2, -0.15) is 0 Å². The Bertz CT molecular complexity index is 84.3. The first-order valence-electron chi connectivity index (χ1n) is 2.48. The van der Waals surface area contributed by atoms with E-state index < -0.39 is 12.1 Å². The van der Waals surface area contributed by atoms with E-state index in [0.29, 0.717) is 6.42 Å². The molecule has 3 nitrogen and oxygen atoms in total. The van der Waals surface area contributed by atoms with Crippen LogP contribution in [-0.4, -0.2) is 24.3 Å². The summed E-state index contributed by atoms with van der Waals surface area (Å²) in [7, 11) is 1.25. The van der Waals surface area contributed by atoms with Crippen molar-refractivity contribution in [1.82, 2.24) is 0 Å². The van der Waals surface area contributed by atoms with Crippen molar-refractivity contribution in [2.45, 2.75) is 19.4 Å². The van der Waals surface area contributed by atoms with Gasteiger partial charge in [0.2, 0.25) is 0 Å². The summed E-state index contributed by atoms with van der Waals surface area (Å²) in [5.74, 6) is -0.563. The molecule has 0 fully saturated rings. The Balaban J connectivity index is 0. The van der Waals surface area contributed by atoms with Crippen molar-refractivity contribution in [3.05, 3.63) is 0 Å². The fourth-order valence-electron chi connectivity index (χ4n) is 0.303. The highest BCUT2D eigenvalue weighted by Gasteiger charge is 2.10. The fourth-order valence-corrected chi connectivity index (χ4v) is 0.303. The Morgan fingerprint density at radius 1 is 1.78 bits per heavy atom. The van der Waals surface area contributed by atoms with E-state index in [9.17, 15) is 4.79 Å². The first kappa shape index (κ1) is 11.5. The second-order valence-corrected chi connectivity index (χ2v) is 1.45. The van der Waals surface area contributed by atoms with E-state index in [2.05, 4.69) is 4.74 Å². The molecule has 1 atom stereocenters. The molecule has 0 heterocycles. The summed E-state index contributed by atoms with van der Waals surface area (Å²) in [6.45, 7) is 1.71. The molecule has 1 unspecified atom stereocenters. The topological polar surface area (TPSA) is 46.5 Å². The highest BCUT2D eigenvalue weighted by atomic mass is 35.5. The van der Waals surface area contributed by atoms with Crippen molar-refractivity contribution in [3.8, 4) is 0 Å². The van der Waals surface area contributed by atoms with E-state index in [1.807, 2.05) is 0 Å². The van der Waals surface area contributed by atoms with Gasteiger partial charge in [0.25, 0.3) is 0 Å². The monoisotopic (exact) mass is 154 g/mol. The Morgan fingerprint density at radius 3 is 2.33 bits per heavy atom. The quantitative estimate of drug-likeness (QED) is 0.584. The van der Waals surface area contributed by atoms with Gasteiger partial charge in [-0.05, 0) is 6.42 Å². The normalized spacial score (nSPS) is 11.4. The zero-order valence-electron chi connectivity index (χ0n) is 5.46. The average Bonchev–Trinajstić information content (AvgIpc) is 1.84. The molecule has 0 aliphatic carbocycles. The van der Waals surface area contributed by atoms with Crippen LogP contribution in [0, 0.1) is 0 Å². The molecule has 0 saturated carbocycles. The zero-order valence-corrected chi connectivity index (χ0v) is 6.27. The van der Waals surface area contributed by atoms with Gasteiger partial charge in [0.05, 0.1) is 7.11 Å². The minimum absolute atomic E-state index is 0. The number of halogens is 1. The molecule has 0 amide bonds. The van der Waals surface area contributed by atoms with Gasteiger partial charge in [0.1, 0.15) is 0 Å². The molecule has 0 rings (SSSR count). The summed E-state index contributed by atoms with van der Waals surface area (Å²) >= 11 is 0. The lowest BCUT2D eigenvalue weighted by atomic mass is 10.3. The number of methoxy groups -OCH3 is 1. The van der Waals surface area contributed by atoms with Crippen LogP contribution in [0.25, 0.3) is 0 Å². The van der Waals surface area contributed by atoms with Crippen LogP contribution in [0.15, 0.2) is 0 Å². The summed E-state index contributed by atoms with van der Waals surface area (Å²) in [5.41, 5.74) is 0. The number of carbonyl (C=O) groups excluding carboxylic acids is 1. The molecule has 4 heteroatoms. The van der Waals surface area contributed by atoms with Gasteiger partial charge < -0.3 is 9.84 Å². The number of esters is 1. The maximum absolute atomic E-state index is 10.3. The van der Waals surface area contributed by atoms with Gasteiger partial charge in [-0.25, -0.2) is 4.79 Å². The van der Waals surface area contributed by atoms with Gasteiger partial charge in [-0.1, -0.05) is 6.92 Å². The highest BCUT2D eigenvalue weighted by Crippen LogP contribution is 1.90. The van der Waals surface area contributed by atoms with Crippen molar-refractivity contribution in [2.24, 2.45) is 0 Å². The summed E-state index contributed by atoms with van der Waals surface area (Å²) in [5, 5.41) is 8.65. The van der Waals surface area contributed by atoms with Crippen LogP contribution >= 0.6 is 12.4 Å². The second kappa shape index (κ2) is 5.85. The molecule has 0 aromatic heterocycles. The summed E-state index contributed by atoms with van der Waals surface area (Å²) in [6, 6.07) is 0. The molecular formula is C5H11ClO3. The fraction of sp³-hybridized carbons (Fsp3) is 0.800. The third kappa shape index (κ3) is 4.24. The molecule has 9 heavy (non-hydrogen) atoms. The Labute approximate surface area is 60.4 Å². The summed E-state index contributed by atoms with van der Waals surface area (Å²) < 4.78 is 4.21. The van der Waals surface area contributed by atoms with Crippen LogP contribution in [0.4, 0.5) is 0 Å². The minimum atomic E-state index is -0.944. The van der Waals surface area contributed by atoms with E-state index in [0.717, 1.165) is 0 Å². The lowest BCUT2D eigenvalue weighted by Crippen LogP contribution is -2.20. The number of carbonyl (C=O) groups is 1. The number of ether oxygens (including phenoxy) is 1. The van der Waals surface area contributed by atoms with Crippen LogP contribution in [0.3, 0.4) is 0 Å². The van der Waals surface area contributed by atoms with Crippen LogP contribution < -0.4 is 0 Å². The van der Waals surface area contributed by atoms with Crippen molar-refractivity contribution < 1.29 is 14.6 Å². The molecule has 0 bridgehead atoms. The second-order valence-electron chi connectivity index (χ2n) is 1.45. The van der Waals surface area contributed by atoms with Crippen molar-refractivity contribution in [3.63, 3.8) is 0 Å². The largest absolute Gasteiger partial charge is 0.467 e. The molecule has 0 aliphatic rings. The van der Waals surface area contributed by atoms with Crippen LogP contribution in [0.1, 0.15) is 13.3 Å². The standard InChI is InChI=1S/C5H10O3.ClH/c1-3-4(6)5(7)8-2;/h4,6H,3H2,1-2H3;1H. The van der Waals surface area contributed by atoms with E-state index in [1.54, 1.807) is 6.92 Å². The molecule has 0 spiro atoms. The third-order valence-corrected chi connectivity index (χ3v) is 0.860. The Morgan fingerprint density at radius 2 is 2.22 bits per heavy atom. The van der Waals surface area contributed by atoms with E-state index in [1.165, 1.54) is 7.11 Å². The molecule has 0 aromatic carbocycles. The Kier molecular flexibility index (Phi) is 7.48.